The van der Waals surface area contributed by atoms with Gasteiger partial charge >= 0.3 is 5.97 Å². The minimum absolute atomic E-state index is 0.226. The van der Waals surface area contributed by atoms with Crippen molar-refractivity contribution in [3.8, 4) is 11.5 Å². The van der Waals surface area contributed by atoms with Gasteiger partial charge in [0.1, 0.15) is 6.61 Å². The fraction of sp³-hybridized carbons (Fsp3) is 0.316. The Kier molecular flexibility index (Phi) is 6.03. The lowest BCUT2D eigenvalue weighted by Crippen LogP contribution is -2.07. The van der Waals surface area contributed by atoms with E-state index in [-0.39, 0.29) is 5.97 Å². The Bertz CT molecular complexity index is 664. The molecule has 0 spiro atoms. The number of methoxy groups -OCH3 is 2. The van der Waals surface area contributed by atoms with Gasteiger partial charge in [0.05, 0.1) is 14.2 Å². The Hall–Kier alpha value is -2.49. The summed E-state index contributed by atoms with van der Waals surface area (Å²) in [5.41, 5.74) is 3.08. The second-order valence-electron chi connectivity index (χ2n) is 5.30. The summed E-state index contributed by atoms with van der Waals surface area (Å²) in [5, 5.41) is 0. The summed E-state index contributed by atoms with van der Waals surface area (Å²) in [6, 6.07) is 13.6. The van der Waals surface area contributed by atoms with Crippen molar-refractivity contribution in [2.24, 2.45) is 0 Å². The minimum Gasteiger partial charge on any atom is -0.493 e. The lowest BCUT2D eigenvalue weighted by Gasteiger charge is -2.12. The van der Waals surface area contributed by atoms with Crippen LogP contribution in [-0.2, 0) is 22.6 Å². The summed E-state index contributed by atoms with van der Waals surface area (Å²) in [6.07, 6.45) is 0.850. The number of ether oxygens (including phenoxy) is 3. The number of aryl methyl sites for hydroxylation is 2. The zero-order valence-corrected chi connectivity index (χ0v) is 13.8. The summed E-state index contributed by atoms with van der Waals surface area (Å²) in [6.45, 7) is 2.32. The number of benzene rings is 2. The van der Waals surface area contributed by atoms with Crippen molar-refractivity contribution in [2.45, 2.75) is 26.4 Å². The van der Waals surface area contributed by atoms with Gasteiger partial charge < -0.3 is 14.2 Å². The fourth-order valence-electron chi connectivity index (χ4n) is 2.43. The van der Waals surface area contributed by atoms with Crippen LogP contribution in [0.25, 0.3) is 0 Å². The van der Waals surface area contributed by atoms with Crippen LogP contribution < -0.4 is 9.47 Å². The van der Waals surface area contributed by atoms with Gasteiger partial charge in [-0.3, -0.25) is 4.79 Å². The maximum atomic E-state index is 11.9. The molecule has 0 atom stereocenters. The van der Waals surface area contributed by atoms with E-state index in [4.69, 9.17) is 14.2 Å². The third kappa shape index (κ3) is 4.74. The molecule has 0 fully saturated rings. The van der Waals surface area contributed by atoms with Crippen molar-refractivity contribution < 1.29 is 19.0 Å². The monoisotopic (exact) mass is 314 g/mol. The van der Waals surface area contributed by atoms with E-state index in [1.54, 1.807) is 14.2 Å². The van der Waals surface area contributed by atoms with Gasteiger partial charge in [-0.25, -0.2) is 0 Å². The van der Waals surface area contributed by atoms with Gasteiger partial charge in [0, 0.05) is 6.42 Å². The maximum absolute atomic E-state index is 11.9. The van der Waals surface area contributed by atoms with Gasteiger partial charge in [-0.15, -0.1) is 0 Å². The van der Waals surface area contributed by atoms with Crippen LogP contribution in [0.5, 0.6) is 11.5 Å². The Morgan fingerprint density at radius 2 is 1.83 bits per heavy atom. The van der Waals surface area contributed by atoms with Crippen molar-refractivity contribution in [1.82, 2.24) is 0 Å². The standard InChI is InChI=1S/C19H22O4/c1-14-6-4-7-15(12-14)13-23-18(20)11-10-16-8-5-9-17(21-2)19(16)22-3/h4-9,12H,10-11,13H2,1-3H3. The molecule has 0 aliphatic heterocycles. The summed E-state index contributed by atoms with van der Waals surface area (Å²) in [7, 11) is 3.19. The predicted molar refractivity (Wildman–Crippen MR) is 88.8 cm³/mol. The molecule has 4 heteroatoms. The lowest BCUT2D eigenvalue weighted by atomic mass is 10.1. The molecular weight excluding hydrogens is 292 g/mol. The van der Waals surface area contributed by atoms with Crippen molar-refractivity contribution in [1.29, 1.82) is 0 Å². The van der Waals surface area contributed by atoms with E-state index in [2.05, 4.69) is 0 Å². The van der Waals surface area contributed by atoms with Crippen molar-refractivity contribution in [3.63, 3.8) is 0 Å². The van der Waals surface area contributed by atoms with Crippen LogP contribution in [-0.4, -0.2) is 20.2 Å². The molecule has 0 N–H and O–H groups in total. The van der Waals surface area contributed by atoms with Gasteiger partial charge in [0.15, 0.2) is 11.5 Å². The molecule has 2 aromatic rings. The van der Waals surface area contributed by atoms with E-state index in [1.807, 2.05) is 49.4 Å². The van der Waals surface area contributed by atoms with E-state index in [1.165, 1.54) is 0 Å². The fourth-order valence-corrected chi connectivity index (χ4v) is 2.43. The number of carbonyl (C=O) groups is 1. The highest BCUT2D eigenvalue weighted by Crippen LogP contribution is 2.31. The normalized spacial score (nSPS) is 10.2. The molecule has 0 bridgehead atoms. The molecule has 0 aliphatic carbocycles. The molecule has 0 amide bonds. The van der Waals surface area contributed by atoms with E-state index in [0.29, 0.717) is 30.9 Å². The van der Waals surface area contributed by atoms with Crippen molar-refractivity contribution >= 4 is 5.97 Å². The number of hydrogen-bond donors (Lipinski definition) is 0. The second-order valence-corrected chi connectivity index (χ2v) is 5.30. The van der Waals surface area contributed by atoms with Crippen LogP contribution in [0.15, 0.2) is 42.5 Å². The minimum atomic E-state index is -0.226. The van der Waals surface area contributed by atoms with Gasteiger partial charge in [-0.05, 0) is 30.5 Å². The Balaban J connectivity index is 1.89. The van der Waals surface area contributed by atoms with Gasteiger partial charge in [-0.1, -0.05) is 42.0 Å². The molecule has 0 saturated carbocycles. The lowest BCUT2D eigenvalue weighted by molar-refractivity contribution is -0.144. The summed E-state index contributed by atoms with van der Waals surface area (Å²) in [4.78, 5) is 11.9. The first-order valence-electron chi connectivity index (χ1n) is 7.55. The zero-order valence-electron chi connectivity index (χ0n) is 13.8. The topological polar surface area (TPSA) is 44.8 Å². The number of carbonyl (C=O) groups excluding carboxylic acids is 1. The first-order valence-corrected chi connectivity index (χ1v) is 7.55. The predicted octanol–water partition coefficient (Wildman–Crippen LogP) is 3.69. The zero-order chi connectivity index (χ0) is 16.7. The van der Waals surface area contributed by atoms with Crippen LogP contribution in [0.4, 0.5) is 0 Å². The molecule has 0 unspecified atom stereocenters. The van der Waals surface area contributed by atoms with Crippen LogP contribution in [0, 0.1) is 6.92 Å². The number of rotatable bonds is 7. The molecule has 0 saturated heterocycles. The third-order valence-corrected chi connectivity index (χ3v) is 3.57. The van der Waals surface area contributed by atoms with E-state index in [0.717, 1.165) is 16.7 Å². The van der Waals surface area contributed by atoms with E-state index >= 15 is 0 Å². The smallest absolute Gasteiger partial charge is 0.306 e. The molecule has 23 heavy (non-hydrogen) atoms. The van der Waals surface area contributed by atoms with Crippen LogP contribution >= 0.6 is 0 Å². The number of para-hydroxylation sites is 1. The highest BCUT2D eigenvalue weighted by Gasteiger charge is 2.12. The maximum Gasteiger partial charge on any atom is 0.306 e. The van der Waals surface area contributed by atoms with Crippen molar-refractivity contribution in [3.05, 3.63) is 59.2 Å². The van der Waals surface area contributed by atoms with E-state index in [9.17, 15) is 4.79 Å². The van der Waals surface area contributed by atoms with Gasteiger partial charge in [-0.2, -0.15) is 0 Å². The summed E-state index contributed by atoms with van der Waals surface area (Å²) in [5.74, 6) is 1.11. The highest BCUT2D eigenvalue weighted by molar-refractivity contribution is 5.70. The largest absolute Gasteiger partial charge is 0.493 e. The van der Waals surface area contributed by atoms with Gasteiger partial charge in [0.25, 0.3) is 0 Å². The average molecular weight is 314 g/mol. The Labute approximate surface area is 137 Å². The molecule has 0 heterocycles. The molecular formula is C19H22O4. The molecule has 2 rings (SSSR count). The van der Waals surface area contributed by atoms with Crippen LogP contribution in [0.3, 0.4) is 0 Å². The summed E-state index contributed by atoms with van der Waals surface area (Å²) >= 11 is 0. The molecule has 2 aromatic carbocycles. The van der Waals surface area contributed by atoms with E-state index < -0.39 is 0 Å². The SMILES string of the molecule is COc1cccc(CCC(=O)OCc2cccc(C)c2)c1OC. The Morgan fingerprint density at radius 1 is 1.04 bits per heavy atom. The molecule has 0 aromatic heterocycles. The average Bonchev–Trinajstić information content (AvgIpc) is 2.57. The molecule has 122 valence electrons. The molecule has 4 nitrogen and oxygen atoms in total. The second kappa shape index (κ2) is 8.22. The first kappa shape index (κ1) is 16.9. The quantitative estimate of drug-likeness (QED) is 0.731. The third-order valence-electron chi connectivity index (χ3n) is 3.57. The Morgan fingerprint density at radius 3 is 2.52 bits per heavy atom. The summed E-state index contributed by atoms with van der Waals surface area (Å²) < 4.78 is 15.9. The molecule has 0 aliphatic rings. The molecule has 0 radical (unpaired) electrons. The highest BCUT2D eigenvalue weighted by atomic mass is 16.5. The number of hydrogen-bond acceptors (Lipinski definition) is 4. The van der Waals surface area contributed by atoms with Crippen LogP contribution in [0.1, 0.15) is 23.1 Å². The van der Waals surface area contributed by atoms with Crippen molar-refractivity contribution in [2.75, 3.05) is 14.2 Å². The first-order chi connectivity index (χ1) is 11.1. The van der Waals surface area contributed by atoms with Crippen LogP contribution in [0.2, 0.25) is 0 Å². The number of esters is 1. The van der Waals surface area contributed by atoms with Gasteiger partial charge in [0.2, 0.25) is 0 Å².